The Morgan fingerprint density at radius 3 is 2.27 bits per heavy atom. The molecule has 1 aromatic heterocycles. The Labute approximate surface area is 231 Å². The number of aromatic nitrogens is 1. The first-order valence-corrected chi connectivity index (χ1v) is 15.0. The van der Waals surface area contributed by atoms with Gasteiger partial charge in [0.05, 0.1) is 4.91 Å². The lowest BCUT2D eigenvalue weighted by molar-refractivity contribution is -0.122. The van der Waals surface area contributed by atoms with Crippen LogP contribution in [0.3, 0.4) is 0 Å². The zero-order valence-electron chi connectivity index (χ0n) is 22.8. The number of pyridine rings is 1. The van der Waals surface area contributed by atoms with E-state index in [1.807, 2.05) is 13.0 Å². The maximum Gasteiger partial charge on any atom is 0.270 e. The van der Waals surface area contributed by atoms with Crippen LogP contribution < -0.4 is 10.5 Å². The molecule has 2 aliphatic heterocycles. The highest BCUT2D eigenvalue weighted by molar-refractivity contribution is 8.26. The van der Waals surface area contributed by atoms with E-state index in [1.54, 1.807) is 9.47 Å². The Hall–Kier alpha value is -2.15. The minimum absolute atomic E-state index is 0.0727. The van der Waals surface area contributed by atoms with Gasteiger partial charge in [-0.2, -0.15) is 5.26 Å². The first-order chi connectivity index (χ1) is 17.9. The van der Waals surface area contributed by atoms with Crippen molar-refractivity contribution in [2.75, 3.05) is 44.2 Å². The molecule has 2 fully saturated rings. The molecule has 0 radical (unpaired) electrons. The first kappa shape index (κ1) is 29.4. The fourth-order valence-electron chi connectivity index (χ4n) is 4.98. The van der Waals surface area contributed by atoms with E-state index in [4.69, 9.17) is 12.2 Å². The largest absolute Gasteiger partial charge is 0.355 e. The molecule has 0 spiro atoms. The van der Waals surface area contributed by atoms with Crippen LogP contribution in [0.2, 0.25) is 0 Å². The maximum atomic E-state index is 13.4. The number of hydrogen-bond donors (Lipinski definition) is 0. The Bertz CT molecular complexity index is 1110. The summed E-state index contributed by atoms with van der Waals surface area (Å²) in [5.41, 5.74) is 1.35. The smallest absolute Gasteiger partial charge is 0.270 e. The Balaban J connectivity index is 2.03. The molecular weight excluding hydrogens is 502 g/mol. The monoisotopic (exact) mass is 543 g/mol. The molecule has 0 bridgehead atoms. The second-order valence-corrected chi connectivity index (χ2v) is 11.5. The number of nitriles is 1. The summed E-state index contributed by atoms with van der Waals surface area (Å²) in [6, 6.07) is 2.15. The summed E-state index contributed by atoms with van der Waals surface area (Å²) in [7, 11) is 0. The molecule has 2 aliphatic rings. The van der Waals surface area contributed by atoms with Gasteiger partial charge < -0.3 is 9.80 Å². The number of carbonyl (C=O) groups excluding carboxylic acids is 1. The molecule has 2 saturated heterocycles. The van der Waals surface area contributed by atoms with Crippen LogP contribution in [0.4, 0.5) is 5.82 Å². The number of likely N-dealkylation sites (N-methyl/N-ethyl adjacent to an activating group) is 1. The molecular formula is C28H41N5O2S2. The topological polar surface area (TPSA) is 72.6 Å². The molecule has 1 aromatic rings. The molecule has 3 heterocycles. The van der Waals surface area contributed by atoms with E-state index < -0.39 is 0 Å². The van der Waals surface area contributed by atoms with Gasteiger partial charge in [0.25, 0.3) is 11.5 Å². The maximum absolute atomic E-state index is 13.4. The molecule has 7 nitrogen and oxygen atoms in total. The van der Waals surface area contributed by atoms with E-state index in [1.165, 1.54) is 31.0 Å². The summed E-state index contributed by atoms with van der Waals surface area (Å²) in [5, 5.41) is 9.89. The number of unbranched alkanes of at least 4 members (excludes halogenated alkanes) is 5. The van der Waals surface area contributed by atoms with E-state index in [-0.39, 0.29) is 17.0 Å². The summed E-state index contributed by atoms with van der Waals surface area (Å²) in [5.74, 6) is 0.756. The predicted molar refractivity (Wildman–Crippen MR) is 158 cm³/mol. The van der Waals surface area contributed by atoms with Crippen molar-refractivity contribution in [1.29, 1.82) is 5.26 Å². The molecule has 202 valence electrons. The number of nitrogens with zero attached hydrogens (tertiary/aromatic N) is 5. The molecule has 9 heteroatoms. The normalized spacial score (nSPS) is 17.8. The van der Waals surface area contributed by atoms with Gasteiger partial charge in [-0.3, -0.25) is 19.1 Å². The highest BCUT2D eigenvalue weighted by atomic mass is 32.2. The second kappa shape index (κ2) is 14.1. The van der Waals surface area contributed by atoms with Gasteiger partial charge in [0.2, 0.25) is 0 Å². The molecule has 0 unspecified atom stereocenters. The fourth-order valence-corrected chi connectivity index (χ4v) is 6.27. The number of carbonyl (C=O) groups is 1. The molecule has 3 rings (SSSR count). The van der Waals surface area contributed by atoms with Crippen LogP contribution in [0.15, 0.2) is 9.70 Å². The number of rotatable bonds is 12. The third-order valence-electron chi connectivity index (χ3n) is 7.34. The van der Waals surface area contributed by atoms with Gasteiger partial charge >= 0.3 is 0 Å². The van der Waals surface area contributed by atoms with Gasteiger partial charge in [0.15, 0.2) is 0 Å². The average Bonchev–Trinajstić information content (AvgIpc) is 3.17. The lowest BCUT2D eigenvalue weighted by atomic mass is 10.0. The summed E-state index contributed by atoms with van der Waals surface area (Å²) < 4.78 is 2.36. The van der Waals surface area contributed by atoms with Crippen LogP contribution in [-0.4, -0.2) is 63.9 Å². The zero-order valence-corrected chi connectivity index (χ0v) is 24.5. The van der Waals surface area contributed by atoms with Crippen molar-refractivity contribution in [3.05, 3.63) is 31.9 Å². The third kappa shape index (κ3) is 6.84. The van der Waals surface area contributed by atoms with Crippen molar-refractivity contribution in [1.82, 2.24) is 14.4 Å². The van der Waals surface area contributed by atoms with Crippen LogP contribution in [0.1, 0.15) is 82.4 Å². The van der Waals surface area contributed by atoms with E-state index >= 15 is 0 Å². The quantitative estimate of drug-likeness (QED) is 0.205. The molecule has 0 atom stereocenters. The number of thiocarbonyl (C=S) groups is 1. The summed E-state index contributed by atoms with van der Waals surface area (Å²) in [4.78, 5) is 33.8. The standard InChI is InChI=1S/C28H41N5O2S2/c1-5-8-10-11-12-14-33-27(35)24(37-28(33)36)19-22-21(4)23(20-29)26(34)32(13-9-6-2)25(22)31-17-15-30(7-3)16-18-31/h19H,5-18H2,1-4H3/b24-19+. The number of anilines is 1. The van der Waals surface area contributed by atoms with Crippen LogP contribution in [0, 0.1) is 18.3 Å². The lowest BCUT2D eigenvalue weighted by Gasteiger charge is -2.37. The minimum Gasteiger partial charge on any atom is -0.355 e. The Morgan fingerprint density at radius 2 is 1.65 bits per heavy atom. The van der Waals surface area contributed by atoms with E-state index in [9.17, 15) is 14.9 Å². The molecule has 0 aromatic carbocycles. The highest BCUT2D eigenvalue weighted by Crippen LogP contribution is 2.36. The van der Waals surface area contributed by atoms with Gasteiger partial charge in [-0.25, -0.2) is 0 Å². The SMILES string of the molecule is CCCCCCCN1C(=O)/C(=C\c2c(C)c(C#N)c(=O)n(CCCC)c2N2CCN(CC)CC2)SC1=S. The number of piperazine rings is 1. The summed E-state index contributed by atoms with van der Waals surface area (Å²) in [6.45, 7) is 13.9. The van der Waals surface area contributed by atoms with Crippen molar-refractivity contribution in [2.45, 2.75) is 79.2 Å². The van der Waals surface area contributed by atoms with Gasteiger partial charge in [0.1, 0.15) is 21.8 Å². The van der Waals surface area contributed by atoms with Crippen LogP contribution in [-0.2, 0) is 11.3 Å². The van der Waals surface area contributed by atoms with Crippen molar-refractivity contribution in [3.8, 4) is 6.07 Å². The van der Waals surface area contributed by atoms with Crippen molar-refractivity contribution >= 4 is 46.1 Å². The third-order valence-corrected chi connectivity index (χ3v) is 8.71. The molecule has 0 N–H and O–H groups in total. The van der Waals surface area contributed by atoms with Crippen LogP contribution in [0.5, 0.6) is 0 Å². The van der Waals surface area contributed by atoms with Crippen molar-refractivity contribution in [2.24, 2.45) is 0 Å². The molecule has 0 saturated carbocycles. The van der Waals surface area contributed by atoms with Crippen LogP contribution >= 0.6 is 24.0 Å². The lowest BCUT2D eigenvalue weighted by Crippen LogP contribution is -2.48. The van der Waals surface area contributed by atoms with E-state index in [0.717, 1.165) is 69.8 Å². The van der Waals surface area contributed by atoms with E-state index in [0.29, 0.717) is 27.9 Å². The average molecular weight is 544 g/mol. The highest BCUT2D eigenvalue weighted by Gasteiger charge is 2.33. The Morgan fingerprint density at radius 1 is 0.973 bits per heavy atom. The number of thioether (sulfide) groups is 1. The summed E-state index contributed by atoms with van der Waals surface area (Å²) >= 11 is 6.91. The number of hydrogen-bond acceptors (Lipinski definition) is 7. The van der Waals surface area contributed by atoms with Crippen molar-refractivity contribution in [3.63, 3.8) is 0 Å². The van der Waals surface area contributed by atoms with Gasteiger partial charge in [-0.1, -0.05) is 76.9 Å². The number of amides is 1. The van der Waals surface area contributed by atoms with Gasteiger partial charge in [-0.05, 0) is 37.9 Å². The fraction of sp³-hybridized carbons (Fsp3) is 0.643. The molecule has 37 heavy (non-hydrogen) atoms. The first-order valence-electron chi connectivity index (χ1n) is 13.8. The van der Waals surface area contributed by atoms with Gasteiger partial charge in [-0.15, -0.1) is 0 Å². The molecule has 0 aliphatic carbocycles. The summed E-state index contributed by atoms with van der Waals surface area (Å²) in [6.07, 6.45) is 9.26. The Kier molecular flexibility index (Phi) is 11.2. The van der Waals surface area contributed by atoms with Crippen molar-refractivity contribution < 1.29 is 4.79 Å². The minimum atomic E-state index is -0.238. The van der Waals surface area contributed by atoms with Crippen LogP contribution in [0.25, 0.3) is 6.08 Å². The molecule has 1 amide bonds. The van der Waals surface area contributed by atoms with Gasteiger partial charge in [0, 0.05) is 44.8 Å². The predicted octanol–water partition coefficient (Wildman–Crippen LogP) is 5.14. The second-order valence-electron chi connectivity index (χ2n) is 9.83. The zero-order chi connectivity index (χ0) is 26.9. The van der Waals surface area contributed by atoms with E-state index in [2.05, 4.69) is 36.6 Å².